The van der Waals surface area contributed by atoms with Gasteiger partial charge in [0.15, 0.2) is 0 Å². The molecule has 13 heavy (non-hydrogen) atoms. The van der Waals surface area contributed by atoms with Crippen molar-refractivity contribution in [2.24, 2.45) is 11.8 Å². The summed E-state index contributed by atoms with van der Waals surface area (Å²) in [6.45, 7) is 7.77. The molecule has 0 fully saturated rings. The Morgan fingerprint density at radius 2 is 1.92 bits per heavy atom. The maximum absolute atomic E-state index is 11.5. The molecule has 0 aromatic rings. The van der Waals surface area contributed by atoms with Gasteiger partial charge >= 0.3 is 0 Å². The molecule has 0 aromatic heterocycles. The summed E-state index contributed by atoms with van der Waals surface area (Å²) in [4.78, 5) is 11.5. The van der Waals surface area contributed by atoms with Crippen LogP contribution in [0.2, 0.25) is 0 Å². The van der Waals surface area contributed by atoms with E-state index >= 15 is 0 Å². The second-order valence-electron chi connectivity index (χ2n) is 3.80. The summed E-state index contributed by atoms with van der Waals surface area (Å²) < 4.78 is 0. The summed E-state index contributed by atoms with van der Waals surface area (Å²) in [5.74, 6) is 0.811. The average Bonchev–Trinajstić information content (AvgIpc) is 2.10. The molecule has 3 nitrogen and oxygen atoms in total. The minimum Gasteiger partial charge on any atom is -0.356 e. The van der Waals surface area contributed by atoms with Crippen molar-refractivity contribution in [3.8, 4) is 0 Å². The van der Waals surface area contributed by atoms with E-state index < -0.39 is 0 Å². The topological polar surface area (TPSA) is 41.1 Å². The Labute approximate surface area is 81.3 Å². The zero-order valence-corrected chi connectivity index (χ0v) is 9.18. The standard InChI is InChI=1S/C10H22N2O/c1-5-9(7-11-4)10(13)12-6-8(2)3/h8-9,11H,5-7H2,1-4H3,(H,12,13). The number of rotatable bonds is 6. The van der Waals surface area contributed by atoms with Crippen LogP contribution >= 0.6 is 0 Å². The van der Waals surface area contributed by atoms with Crippen LogP contribution in [0.25, 0.3) is 0 Å². The zero-order chi connectivity index (χ0) is 10.3. The third-order valence-corrected chi connectivity index (χ3v) is 2.00. The van der Waals surface area contributed by atoms with Crippen molar-refractivity contribution in [2.45, 2.75) is 27.2 Å². The van der Waals surface area contributed by atoms with Crippen LogP contribution in [0.5, 0.6) is 0 Å². The second-order valence-corrected chi connectivity index (χ2v) is 3.80. The van der Waals surface area contributed by atoms with Crippen molar-refractivity contribution < 1.29 is 4.79 Å². The first kappa shape index (κ1) is 12.4. The molecule has 0 bridgehead atoms. The van der Waals surface area contributed by atoms with Gasteiger partial charge in [0.05, 0.1) is 5.92 Å². The normalized spacial score (nSPS) is 13.0. The summed E-state index contributed by atoms with van der Waals surface area (Å²) >= 11 is 0. The van der Waals surface area contributed by atoms with Gasteiger partial charge < -0.3 is 10.6 Å². The Morgan fingerprint density at radius 1 is 1.31 bits per heavy atom. The van der Waals surface area contributed by atoms with Gasteiger partial charge in [0.1, 0.15) is 0 Å². The molecular weight excluding hydrogens is 164 g/mol. The van der Waals surface area contributed by atoms with E-state index in [0.29, 0.717) is 5.92 Å². The van der Waals surface area contributed by atoms with Gasteiger partial charge in [-0.2, -0.15) is 0 Å². The van der Waals surface area contributed by atoms with Crippen LogP contribution in [0.1, 0.15) is 27.2 Å². The van der Waals surface area contributed by atoms with Gasteiger partial charge in [-0.25, -0.2) is 0 Å². The summed E-state index contributed by atoms with van der Waals surface area (Å²) in [6, 6.07) is 0. The van der Waals surface area contributed by atoms with Crippen LogP contribution in [0.15, 0.2) is 0 Å². The minimum atomic E-state index is 0.115. The van der Waals surface area contributed by atoms with Crippen molar-refractivity contribution in [2.75, 3.05) is 20.1 Å². The summed E-state index contributed by atoms with van der Waals surface area (Å²) in [7, 11) is 1.87. The SMILES string of the molecule is CCC(CNC)C(=O)NCC(C)C. The van der Waals surface area contributed by atoms with Crippen molar-refractivity contribution in [3.63, 3.8) is 0 Å². The Kier molecular flexibility index (Phi) is 6.59. The predicted molar refractivity (Wildman–Crippen MR) is 55.6 cm³/mol. The third-order valence-electron chi connectivity index (χ3n) is 2.00. The molecule has 0 radical (unpaired) electrons. The van der Waals surface area contributed by atoms with Gasteiger partial charge in [-0.05, 0) is 19.4 Å². The number of carbonyl (C=O) groups is 1. The Balaban J connectivity index is 3.77. The van der Waals surface area contributed by atoms with Gasteiger partial charge in [0.2, 0.25) is 5.91 Å². The van der Waals surface area contributed by atoms with Crippen LogP contribution < -0.4 is 10.6 Å². The summed E-state index contributed by atoms with van der Waals surface area (Å²) in [5, 5.41) is 5.97. The number of nitrogens with one attached hydrogen (secondary N) is 2. The minimum absolute atomic E-state index is 0.115. The highest BCUT2D eigenvalue weighted by atomic mass is 16.1. The van der Waals surface area contributed by atoms with Gasteiger partial charge in [-0.15, -0.1) is 0 Å². The maximum atomic E-state index is 11.5. The van der Waals surface area contributed by atoms with Crippen LogP contribution in [-0.2, 0) is 4.79 Å². The van der Waals surface area contributed by atoms with E-state index in [1.807, 2.05) is 14.0 Å². The van der Waals surface area contributed by atoms with Gasteiger partial charge in [-0.1, -0.05) is 20.8 Å². The Morgan fingerprint density at radius 3 is 2.31 bits per heavy atom. The van der Waals surface area contributed by atoms with Crippen LogP contribution in [-0.4, -0.2) is 26.0 Å². The first-order valence-corrected chi connectivity index (χ1v) is 5.04. The van der Waals surface area contributed by atoms with Gasteiger partial charge in [0, 0.05) is 13.1 Å². The molecule has 1 amide bonds. The number of hydrogen-bond donors (Lipinski definition) is 2. The van der Waals surface area contributed by atoms with Gasteiger partial charge in [-0.3, -0.25) is 4.79 Å². The molecule has 0 aliphatic carbocycles. The van der Waals surface area contributed by atoms with Crippen molar-refractivity contribution >= 4 is 5.91 Å². The quantitative estimate of drug-likeness (QED) is 0.650. The van der Waals surface area contributed by atoms with E-state index in [0.717, 1.165) is 19.5 Å². The fourth-order valence-electron chi connectivity index (χ4n) is 1.12. The van der Waals surface area contributed by atoms with Crippen molar-refractivity contribution in [1.29, 1.82) is 0 Å². The van der Waals surface area contributed by atoms with E-state index in [1.165, 1.54) is 0 Å². The van der Waals surface area contributed by atoms with Gasteiger partial charge in [0.25, 0.3) is 0 Å². The second kappa shape index (κ2) is 6.89. The molecule has 0 heterocycles. The number of amides is 1. The fraction of sp³-hybridized carbons (Fsp3) is 0.900. The highest BCUT2D eigenvalue weighted by Crippen LogP contribution is 2.01. The lowest BCUT2D eigenvalue weighted by Crippen LogP contribution is -2.37. The molecular formula is C10H22N2O. The third kappa shape index (κ3) is 5.64. The molecule has 1 unspecified atom stereocenters. The highest BCUT2D eigenvalue weighted by Gasteiger charge is 2.14. The van der Waals surface area contributed by atoms with E-state index in [-0.39, 0.29) is 11.8 Å². The molecule has 0 aliphatic rings. The van der Waals surface area contributed by atoms with Crippen LogP contribution in [0.4, 0.5) is 0 Å². The first-order valence-electron chi connectivity index (χ1n) is 5.04. The van der Waals surface area contributed by atoms with Crippen molar-refractivity contribution in [1.82, 2.24) is 10.6 Å². The maximum Gasteiger partial charge on any atom is 0.224 e. The summed E-state index contributed by atoms with van der Waals surface area (Å²) in [5.41, 5.74) is 0. The molecule has 0 saturated carbocycles. The predicted octanol–water partition coefficient (Wildman–Crippen LogP) is 1.00. The lowest BCUT2D eigenvalue weighted by atomic mass is 10.1. The molecule has 0 aromatic carbocycles. The van der Waals surface area contributed by atoms with Crippen LogP contribution in [0, 0.1) is 11.8 Å². The molecule has 3 heteroatoms. The van der Waals surface area contributed by atoms with E-state index in [4.69, 9.17) is 0 Å². The monoisotopic (exact) mass is 186 g/mol. The molecule has 0 aliphatic heterocycles. The molecule has 0 saturated heterocycles. The number of carbonyl (C=O) groups excluding carboxylic acids is 1. The average molecular weight is 186 g/mol. The Bertz CT molecular complexity index is 146. The lowest BCUT2D eigenvalue weighted by molar-refractivity contribution is -0.125. The zero-order valence-electron chi connectivity index (χ0n) is 9.18. The largest absolute Gasteiger partial charge is 0.356 e. The first-order chi connectivity index (χ1) is 6.11. The van der Waals surface area contributed by atoms with E-state index in [2.05, 4.69) is 24.5 Å². The molecule has 1 atom stereocenters. The highest BCUT2D eigenvalue weighted by molar-refractivity contribution is 5.78. The van der Waals surface area contributed by atoms with E-state index in [9.17, 15) is 4.79 Å². The summed E-state index contributed by atoms with van der Waals surface area (Å²) in [6.07, 6.45) is 0.894. The van der Waals surface area contributed by atoms with E-state index in [1.54, 1.807) is 0 Å². The molecule has 0 rings (SSSR count). The smallest absolute Gasteiger partial charge is 0.224 e. The lowest BCUT2D eigenvalue weighted by Gasteiger charge is -2.15. The molecule has 78 valence electrons. The molecule has 2 N–H and O–H groups in total. The number of hydrogen-bond acceptors (Lipinski definition) is 2. The van der Waals surface area contributed by atoms with Crippen molar-refractivity contribution in [3.05, 3.63) is 0 Å². The van der Waals surface area contributed by atoms with Crippen LogP contribution in [0.3, 0.4) is 0 Å². The fourth-order valence-corrected chi connectivity index (χ4v) is 1.12. The molecule has 0 spiro atoms. The Hall–Kier alpha value is -0.570.